The Labute approximate surface area is 126 Å². The van der Waals surface area contributed by atoms with Crippen LogP contribution in [0.15, 0.2) is 30.5 Å². The van der Waals surface area contributed by atoms with Gasteiger partial charge in [-0.05, 0) is 44.5 Å². The van der Waals surface area contributed by atoms with Crippen LogP contribution in [0.3, 0.4) is 0 Å². The quantitative estimate of drug-likeness (QED) is 0.873. The third-order valence-corrected chi connectivity index (χ3v) is 3.76. The van der Waals surface area contributed by atoms with Crippen molar-refractivity contribution in [2.75, 3.05) is 6.54 Å². The minimum absolute atomic E-state index is 0.336. The van der Waals surface area contributed by atoms with Gasteiger partial charge in [-0.15, -0.1) is 0 Å². The van der Waals surface area contributed by atoms with E-state index >= 15 is 0 Å². The van der Waals surface area contributed by atoms with Crippen LogP contribution < -0.4 is 5.32 Å². The molecule has 1 aromatic carbocycles. The van der Waals surface area contributed by atoms with Crippen molar-refractivity contribution in [3.8, 4) is 0 Å². The van der Waals surface area contributed by atoms with Gasteiger partial charge in [-0.2, -0.15) is 5.10 Å². The normalized spacial score (nSPS) is 12.6. The summed E-state index contributed by atoms with van der Waals surface area (Å²) in [6, 6.07) is 8.27. The van der Waals surface area contributed by atoms with E-state index in [1.54, 1.807) is 0 Å². The lowest BCUT2D eigenvalue weighted by Crippen LogP contribution is -2.19. The highest BCUT2D eigenvalue weighted by Gasteiger charge is 2.12. The van der Waals surface area contributed by atoms with Crippen molar-refractivity contribution in [3.63, 3.8) is 0 Å². The number of halogens is 1. The van der Waals surface area contributed by atoms with E-state index in [-0.39, 0.29) is 0 Å². The van der Waals surface area contributed by atoms with Crippen molar-refractivity contribution in [1.82, 2.24) is 15.1 Å². The maximum Gasteiger partial charge on any atom is 0.0663 e. The van der Waals surface area contributed by atoms with Crippen LogP contribution in [0.25, 0.3) is 0 Å². The molecule has 4 heteroatoms. The molecule has 0 saturated heterocycles. The van der Waals surface area contributed by atoms with Crippen molar-refractivity contribution in [3.05, 3.63) is 52.3 Å². The highest BCUT2D eigenvalue weighted by atomic mass is 35.5. The Hall–Kier alpha value is -1.32. The molecule has 1 heterocycles. The van der Waals surface area contributed by atoms with Crippen LogP contribution in [0.1, 0.15) is 43.1 Å². The third-order valence-electron chi connectivity index (χ3n) is 3.53. The van der Waals surface area contributed by atoms with Crippen molar-refractivity contribution >= 4 is 11.6 Å². The summed E-state index contributed by atoms with van der Waals surface area (Å²) in [7, 11) is 0. The molecule has 0 saturated carbocycles. The number of benzene rings is 1. The molecule has 1 unspecified atom stereocenters. The monoisotopic (exact) mass is 291 g/mol. The van der Waals surface area contributed by atoms with E-state index in [2.05, 4.69) is 37.3 Å². The summed E-state index contributed by atoms with van der Waals surface area (Å²) < 4.78 is 2.03. The summed E-state index contributed by atoms with van der Waals surface area (Å²) in [5.41, 5.74) is 3.64. The summed E-state index contributed by atoms with van der Waals surface area (Å²) in [4.78, 5) is 0. The Bertz CT molecular complexity index is 563. The van der Waals surface area contributed by atoms with Gasteiger partial charge in [0.15, 0.2) is 0 Å². The van der Waals surface area contributed by atoms with Gasteiger partial charge in [0, 0.05) is 22.3 Å². The lowest BCUT2D eigenvalue weighted by atomic mass is 10.1. The fourth-order valence-electron chi connectivity index (χ4n) is 2.32. The van der Waals surface area contributed by atoms with Gasteiger partial charge < -0.3 is 5.32 Å². The van der Waals surface area contributed by atoms with E-state index in [4.69, 9.17) is 11.6 Å². The standard InChI is InChI=1S/C16H22ClN3/c1-4-8-18-12(2)16-10-19-20(13(16)3)11-14-6-5-7-15(17)9-14/h5-7,9-10,12,18H,4,8,11H2,1-3H3. The highest BCUT2D eigenvalue weighted by molar-refractivity contribution is 6.30. The van der Waals surface area contributed by atoms with Crippen LogP contribution in [-0.2, 0) is 6.54 Å². The van der Waals surface area contributed by atoms with Crippen molar-refractivity contribution in [2.24, 2.45) is 0 Å². The first kappa shape index (κ1) is 15.1. The Morgan fingerprint density at radius 1 is 1.40 bits per heavy atom. The zero-order chi connectivity index (χ0) is 14.5. The smallest absolute Gasteiger partial charge is 0.0663 e. The van der Waals surface area contributed by atoms with Gasteiger partial charge >= 0.3 is 0 Å². The van der Waals surface area contributed by atoms with E-state index in [1.165, 1.54) is 16.8 Å². The first-order valence-electron chi connectivity index (χ1n) is 7.12. The van der Waals surface area contributed by atoms with Gasteiger partial charge in [0.2, 0.25) is 0 Å². The molecule has 2 rings (SSSR count). The summed E-state index contributed by atoms with van der Waals surface area (Å²) in [6.07, 6.45) is 3.10. The molecule has 0 amide bonds. The molecule has 0 aliphatic heterocycles. The summed E-state index contributed by atoms with van der Waals surface area (Å²) in [5.74, 6) is 0. The average Bonchev–Trinajstić information content (AvgIpc) is 2.78. The molecule has 20 heavy (non-hydrogen) atoms. The number of aromatic nitrogens is 2. The largest absolute Gasteiger partial charge is 0.310 e. The van der Waals surface area contributed by atoms with Crippen LogP contribution in [0.5, 0.6) is 0 Å². The predicted octanol–water partition coefficient (Wildman–Crippen LogP) is 3.95. The van der Waals surface area contributed by atoms with Crippen LogP contribution in [0, 0.1) is 6.92 Å². The molecule has 0 aliphatic rings. The maximum atomic E-state index is 6.02. The van der Waals surface area contributed by atoms with Gasteiger partial charge in [-0.3, -0.25) is 4.68 Å². The Morgan fingerprint density at radius 2 is 2.20 bits per heavy atom. The van der Waals surface area contributed by atoms with Gasteiger partial charge in [-0.1, -0.05) is 30.7 Å². The molecule has 1 N–H and O–H groups in total. The maximum absolute atomic E-state index is 6.02. The van der Waals surface area contributed by atoms with E-state index in [1.807, 2.05) is 29.1 Å². The molecular formula is C16H22ClN3. The number of nitrogens with zero attached hydrogens (tertiary/aromatic N) is 2. The van der Waals surface area contributed by atoms with Crippen LogP contribution in [-0.4, -0.2) is 16.3 Å². The molecule has 0 aliphatic carbocycles. The Morgan fingerprint density at radius 3 is 2.90 bits per heavy atom. The number of hydrogen-bond acceptors (Lipinski definition) is 2. The van der Waals surface area contributed by atoms with Crippen LogP contribution in [0.2, 0.25) is 5.02 Å². The average molecular weight is 292 g/mol. The van der Waals surface area contributed by atoms with E-state index in [0.29, 0.717) is 6.04 Å². The molecule has 0 radical (unpaired) electrons. The van der Waals surface area contributed by atoms with E-state index < -0.39 is 0 Å². The first-order valence-corrected chi connectivity index (χ1v) is 7.49. The summed E-state index contributed by atoms with van der Waals surface area (Å²) >= 11 is 6.02. The SMILES string of the molecule is CCCNC(C)c1cnn(Cc2cccc(Cl)c2)c1C. The van der Waals surface area contributed by atoms with Gasteiger partial charge in [0.05, 0.1) is 12.7 Å². The lowest BCUT2D eigenvalue weighted by molar-refractivity contribution is 0.565. The molecule has 0 bridgehead atoms. The van der Waals surface area contributed by atoms with Gasteiger partial charge in [0.1, 0.15) is 0 Å². The van der Waals surface area contributed by atoms with E-state index in [9.17, 15) is 0 Å². The molecule has 0 fully saturated rings. The van der Waals surface area contributed by atoms with Crippen LogP contribution >= 0.6 is 11.6 Å². The van der Waals surface area contributed by atoms with E-state index in [0.717, 1.165) is 24.5 Å². The predicted molar refractivity (Wildman–Crippen MR) is 84.2 cm³/mol. The molecule has 0 spiro atoms. The fraction of sp³-hybridized carbons (Fsp3) is 0.438. The zero-order valence-electron chi connectivity index (χ0n) is 12.4. The Kier molecular flexibility index (Phi) is 5.21. The minimum atomic E-state index is 0.336. The second kappa shape index (κ2) is 6.91. The minimum Gasteiger partial charge on any atom is -0.310 e. The topological polar surface area (TPSA) is 29.9 Å². The second-order valence-electron chi connectivity index (χ2n) is 5.15. The van der Waals surface area contributed by atoms with Gasteiger partial charge in [-0.25, -0.2) is 0 Å². The fourth-order valence-corrected chi connectivity index (χ4v) is 2.54. The third kappa shape index (κ3) is 3.62. The zero-order valence-corrected chi connectivity index (χ0v) is 13.1. The first-order chi connectivity index (χ1) is 9.61. The Balaban J connectivity index is 2.12. The van der Waals surface area contributed by atoms with Crippen molar-refractivity contribution < 1.29 is 0 Å². The summed E-state index contributed by atoms with van der Waals surface area (Å²) in [6.45, 7) is 8.27. The molecule has 108 valence electrons. The molecule has 2 aromatic rings. The molecular weight excluding hydrogens is 270 g/mol. The summed E-state index contributed by atoms with van der Waals surface area (Å²) in [5, 5.41) is 8.77. The van der Waals surface area contributed by atoms with Crippen molar-refractivity contribution in [2.45, 2.75) is 39.8 Å². The molecule has 1 atom stereocenters. The number of hydrogen-bond donors (Lipinski definition) is 1. The van der Waals surface area contributed by atoms with Gasteiger partial charge in [0.25, 0.3) is 0 Å². The molecule has 1 aromatic heterocycles. The second-order valence-corrected chi connectivity index (χ2v) is 5.59. The number of nitrogens with one attached hydrogen (secondary N) is 1. The highest BCUT2D eigenvalue weighted by Crippen LogP contribution is 2.18. The van der Waals surface area contributed by atoms with Crippen molar-refractivity contribution in [1.29, 1.82) is 0 Å². The molecule has 3 nitrogen and oxygen atoms in total. The van der Waals surface area contributed by atoms with Crippen LogP contribution in [0.4, 0.5) is 0 Å². The number of rotatable bonds is 6. The lowest BCUT2D eigenvalue weighted by Gasteiger charge is -2.13.